The highest BCUT2D eigenvalue weighted by molar-refractivity contribution is 5.29. The van der Waals surface area contributed by atoms with Crippen LogP contribution in [0, 0.1) is 47.3 Å². The first-order valence-corrected chi connectivity index (χ1v) is 7.45. The van der Waals surface area contributed by atoms with Crippen LogP contribution in [-0.4, -0.2) is 23.4 Å². The van der Waals surface area contributed by atoms with E-state index < -0.39 is 0 Å². The second-order valence-electron chi connectivity index (χ2n) is 6.59. The fourth-order valence-electron chi connectivity index (χ4n) is 5.86. The highest BCUT2D eigenvalue weighted by Crippen LogP contribution is 2.68. The van der Waals surface area contributed by atoms with Gasteiger partial charge in [0.1, 0.15) is 0 Å². The van der Waals surface area contributed by atoms with Gasteiger partial charge in [-0.15, -0.1) is 0 Å². The first kappa shape index (κ1) is 11.2. The standard InChI is InChI=1S/C16H22O2/c17-7-5-9-11-1-2-12-10(6-8-18)14-4-3-13(9)16(14)15(11)12/h1-4,9-18H,5-8H2/t9?,10?,11-,12-,13-,14-,15?,16?/m1/s1. The van der Waals surface area contributed by atoms with Gasteiger partial charge in [0.15, 0.2) is 0 Å². The monoisotopic (exact) mass is 246 g/mol. The van der Waals surface area contributed by atoms with Crippen LogP contribution in [0.15, 0.2) is 24.3 Å². The van der Waals surface area contributed by atoms with Crippen molar-refractivity contribution in [2.45, 2.75) is 12.8 Å². The van der Waals surface area contributed by atoms with E-state index in [0.29, 0.717) is 48.7 Å². The molecule has 2 nitrogen and oxygen atoms in total. The van der Waals surface area contributed by atoms with E-state index in [2.05, 4.69) is 24.3 Å². The van der Waals surface area contributed by atoms with Gasteiger partial charge in [0, 0.05) is 13.2 Å². The predicted molar refractivity (Wildman–Crippen MR) is 69.6 cm³/mol. The number of aliphatic hydroxyl groups is 2. The molecule has 0 saturated heterocycles. The molecule has 2 saturated carbocycles. The quantitative estimate of drug-likeness (QED) is 0.743. The van der Waals surface area contributed by atoms with Crippen molar-refractivity contribution in [2.24, 2.45) is 47.3 Å². The number of rotatable bonds is 4. The molecular formula is C16H22O2. The summed E-state index contributed by atoms with van der Waals surface area (Å²) in [6, 6.07) is 0. The van der Waals surface area contributed by atoms with Crippen molar-refractivity contribution in [3.63, 3.8) is 0 Å². The van der Waals surface area contributed by atoms with E-state index in [-0.39, 0.29) is 0 Å². The third kappa shape index (κ3) is 1.21. The fourth-order valence-corrected chi connectivity index (χ4v) is 5.86. The predicted octanol–water partition coefficient (Wildman–Crippen LogP) is 1.85. The summed E-state index contributed by atoms with van der Waals surface area (Å²) in [6.45, 7) is 0.655. The summed E-state index contributed by atoms with van der Waals surface area (Å²) in [5.41, 5.74) is 0. The van der Waals surface area contributed by atoms with Gasteiger partial charge in [-0.25, -0.2) is 0 Å². The van der Waals surface area contributed by atoms with Gasteiger partial charge in [0.05, 0.1) is 0 Å². The van der Waals surface area contributed by atoms with Crippen LogP contribution in [0.1, 0.15) is 12.8 Å². The Balaban J connectivity index is 1.68. The second-order valence-corrected chi connectivity index (χ2v) is 6.59. The van der Waals surface area contributed by atoms with E-state index in [4.69, 9.17) is 0 Å². The summed E-state index contributed by atoms with van der Waals surface area (Å²) in [4.78, 5) is 0. The van der Waals surface area contributed by atoms with Crippen LogP contribution < -0.4 is 0 Å². The van der Waals surface area contributed by atoms with Crippen LogP contribution in [0.5, 0.6) is 0 Å². The SMILES string of the molecule is OCCC1[C@H]2C=C[C@@H]3C(CCO)[C@H]4C=C[C@H]1C4C23. The molecule has 0 heterocycles. The Labute approximate surface area is 108 Å². The Kier molecular flexibility index (Phi) is 2.46. The molecule has 0 spiro atoms. The molecule has 0 unspecified atom stereocenters. The van der Waals surface area contributed by atoms with Gasteiger partial charge >= 0.3 is 0 Å². The number of aliphatic hydroxyl groups excluding tert-OH is 2. The third-order valence-corrected chi connectivity index (χ3v) is 6.24. The molecule has 0 aliphatic heterocycles. The summed E-state index contributed by atoms with van der Waals surface area (Å²) in [6.07, 6.45) is 11.7. The van der Waals surface area contributed by atoms with E-state index in [1.165, 1.54) is 0 Å². The van der Waals surface area contributed by atoms with Crippen LogP contribution in [0.2, 0.25) is 0 Å². The Morgan fingerprint density at radius 3 is 1.22 bits per heavy atom. The van der Waals surface area contributed by atoms with Crippen molar-refractivity contribution < 1.29 is 10.2 Å². The van der Waals surface area contributed by atoms with Gasteiger partial charge in [-0.05, 0) is 60.2 Å². The molecule has 0 amide bonds. The lowest BCUT2D eigenvalue weighted by atomic mass is 9.81. The Morgan fingerprint density at radius 2 is 0.944 bits per heavy atom. The van der Waals surface area contributed by atoms with Gasteiger partial charge in [-0.1, -0.05) is 24.3 Å². The third-order valence-electron chi connectivity index (χ3n) is 6.24. The molecule has 0 aromatic rings. The minimum absolute atomic E-state index is 0.328. The van der Waals surface area contributed by atoms with Crippen LogP contribution in [-0.2, 0) is 0 Å². The maximum atomic E-state index is 9.30. The molecule has 0 aromatic heterocycles. The molecule has 2 N–H and O–H groups in total. The van der Waals surface area contributed by atoms with Gasteiger partial charge in [-0.3, -0.25) is 0 Å². The molecule has 4 rings (SSSR count). The second kappa shape index (κ2) is 3.94. The van der Waals surface area contributed by atoms with Crippen molar-refractivity contribution in [2.75, 3.05) is 13.2 Å². The molecular weight excluding hydrogens is 224 g/mol. The molecule has 0 aromatic carbocycles. The average Bonchev–Trinajstić information content (AvgIpc) is 3.04. The van der Waals surface area contributed by atoms with Crippen LogP contribution >= 0.6 is 0 Å². The summed E-state index contributed by atoms with van der Waals surface area (Å²) < 4.78 is 0. The lowest BCUT2D eigenvalue weighted by molar-refractivity contribution is 0.195. The first-order chi connectivity index (χ1) is 8.86. The molecule has 4 atom stereocenters. The van der Waals surface area contributed by atoms with Gasteiger partial charge in [0.2, 0.25) is 0 Å². The van der Waals surface area contributed by atoms with E-state index in [1.807, 2.05) is 0 Å². The molecule has 2 fully saturated rings. The summed E-state index contributed by atoms with van der Waals surface area (Å²) in [5, 5.41) is 18.6. The average molecular weight is 246 g/mol. The Morgan fingerprint density at radius 1 is 0.611 bits per heavy atom. The van der Waals surface area contributed by atoms with E-state index in [1.54, 1.807) is 0 Å². The maximum absolute atomic E-state index is 9.30. The van der Waals surface area contributed by atoms with Crippen molar-refractivity contribution in [3.05, 3.63) is 24.3 Å². The van der Waals surface area contributed by atoms with Crippen LogP contribution in [0.25, 0.3) is 0 Å². The van der Waals surface area contributed by atoms with Crippen LogP contribution in [0.3, 0.4) is 0 Å². The zero-order valence-electron chi connectivity index (χ0n) is 10.7. The topological polar surface area (TPSA) is 40.5 Å². The van der Waals surface area contributed by atoms with Gasteiger partial charge in [-0.2, -0.15) is 0 Å². The lowest BCUT2D eigenvalue weighted by Crippen LogP contribution is -2.20. The van der Waals surface area contributed by atoms with E-state index >= 15 is 0 Å². The highest BCUT2D eigenvalue weighted by Gasteiger charge is 2.63. The normalized spacial score (nSPS) is 54.6. The van der Waals surface area contributed by atoms with Gasteiger partial charge < -0.3 is 10.2 Å². The smallest absolute Gasteiger partial charge is 0.0434 e. The molecule has 98 valence electrons. The molecule has 0 bridgehead atoms. The van der Waals surface area contributed by atoms with E-state index in [9.17, 15) is 10.2 Å². The van der Waals surface area contributed by atoms with E-state index in [0.717, 1.165) is 24.7 Å². The first-order valence-electron chi connectivity index (χ1n) is 7.45. The summed E-state index contributed by atoms with van der Waals surface area (Å²) >= 11 is 0. The lowest BCUT2D eigenvalue weighted by Gasteiger charge is -2.24. The number of allylic oxidation sites excluding steroid dienone is 4. The number of hydrogen-bond acceptors (Lipinski definition) is 2. The minimum atomic E-state index is 0.328. The zero-order valence-corrected chi connectivity index (χ0v) is 10.7. The van der Waals surface area contributed by atoms with Crippen molar-refractivity contribution in [1.29, 1.82) is 0 Å². The fraction of sp³-hybridized carbons (Fsp3) is 0.750. The summed E-state index contributed by atoms with van der Waals surface area (Å²) in [5.74, 6) is 5.76. The van der Waals surface area contributed by atoms with Gasteiger partial charge in [0.25, 0.3) is 0 Å². The molecule has 4 aliphatic carbocycles. The Bertz CT molecular complexity index is 334. The summed E-state index contributed by atoms with van der Waals surface area (Å²) in [7, 11) is 0. The molecule has 0 radical (unpaired) electrons. The largest absolute Gasteiger partial charge is 0.396 e. The van der Waals surface area contributed by atoms with Crippen LogP contribution in [0.4, 0.5) is 0 Å². The maximum Gasteiger partial charge on any atom is 0.0434 e. The number of hydrogen-bond donors (Lipinski definition) is 2. The van der Waals surface area contributed by atoms with Crippen molar-refractivity contribution >= 4 is 0 Å². The van der Waals surface area contributed by atoms with Crippen molar-refractivity contribution in [1.82, 2.24) is 0 Å². The molecule has 4 aliphatic rings. The van der Waals surface area contributed by atoms with Crippen molar-refractivity contribution in [3.8, 4) is 0 Å². The minimum Gasteiger partial charge on any atom is -0.396 e. The Hall–Kier alpha value is -0.600. The molecule has 18 heavy (non-hydrogen) atoms. The highest BCUT2D eigenvalue weighted by atomic mass is 16.3. The molecule has 2 heteroatoms. The zero-order chi connectivity index (χ0) is 12.3.